The molecule has 0 saturated heterocycles. The third-order valence-corrected chi connectivity index (χ3v) is 5.09. The molecular formula is C19H21N3O4S. The third kappa shape index (κ3) is 5.54. The number of nitrogens with zero attached hydrogens (tertiary/aromatic N) is 1. The number of sulfonamides is 1. The first-order valence-electron chi connectivity index (χ1n) is 8.31. The number of nitriles is 1. The number of ether oxygens (including phenoxy) is 1. The van der Waals surface area contributed by atoms with Crippen LogP contribution in [0, 0.1) is 11.3 Å². The summed E-state index contributed by atoms with van der Waals surface area (Å²) in [5.74, 6) is 0.0279. The van der Waals surface area contributed by atoms with E-state index in [0.29, 0.717) is 11.3 Å². The van der Waals surface area contributed by atoms with Crippen LogP contribution in [0.4, 0.5) is 0 Å². The average molecular weight is 387 g/mol. The van der Waals surface area contributed by atoms with Gasteiger partial charge in [0, 0.05) is 0 Å². The van der Waals surface area contributed by atoms with Gasteiger partial charge in [-0.25, -0.2) is 8.42 Å². The Kier molecular flexibility index (Phi) is 6.55. The van der Waals surface area contributed by atoms with E-state index in [1.807, 2.05) is 19.9 Å². The zero-order chi connectivity index (χ0) is 20.0. The van der Waals surface area contributed by atoms with Crippen LogP contribution in [0.5, 0.6) is 5.75 Å². The van der Waals surface area contributed by atoms with E-state index in [0.717, 1.165) is 5.56 Å². The minimum absolute atomic E-state index is 0.0489. The number of carbonyl (C=O) groups excluding carboxylic acids is 1. The fourth-order valence-electron chi connectivity index (χ4n) is 2.18. The second kappa shape index (κ2) is 8.66. The van der Waals surface area contributed by atoms with Gasteiger partial charge in [0.2, 0.25) is 0 Å². The van der Waals surface area contributed by atoms with E-state index in [-0.39, 0.29) is 10.8 Å². The summed E-state index contributed by atoms with van der Waals surface area (Å²) in [7, 11) is -3.89. The van der Waals surface area contributed by atoms with E-state index in [2.05, 4.69) is 10.3 Å². The van der Waals surface area contributed by atoms with Gasteiger partial charge in [0.15, 0.2) is 6.10 Å². The van der Waals surface area contributed by atoms with Crippen molar-refractivity contribution in [3.63, 3.8) is 0 Å². The largest absolute Gasteiger partial charge is 0.481 e. The second-order valence-electron chi connectivity index (χ2n) is 6.21. The molecule has 2 aromatic rings. The predicted molar refractivity (Wildman–Crippen MR) is 100 cm³/mol. The van der Waals surface area contributed by atoms with Crippen molar-refractivity contribution in [2.24, 2.45) is 0 Å². The van der Waals surface area contributed by atoms with Gasteiger partial charge in [0.1, 0.15) is 5.75 Å². The monoisotopic (exact) mass is 387 g/mol. The van der Waals surface area contributed by atoms with Crippen molar-refractivity contribution in [1.82, 2.24) is 10.3 Å². The number of benzene rings is 2. The molecule has 1 atom stereocenters. The van der Waals surface area contributed by atoms with Crippen molar-refractivity contribution in [2.75, 3.05) is 0 Å². The van der Waals surface area contributed by atoms with Crippen molar-refractivity contribution >= 4 is 15.9 Å². The number of nitrogens with one attached hydrogen (secondary N) is 2. The molecule has 0 aliphatic heterocycles. The highest BCUT2D eigenvalue weighted by Gasteiger charge is 2.19. The Bertz CT molecular complexity index is 930. The Labute approximate surface area is 159 Å². The number of hydrogen-bond donors (Lipinski definition) is 2. The Morgan fingerprint density at radius 2 is 1.63 bits per heavy atom. The van der Waals surface area contributed by atoms with Gasteiger partial charge in [0.05, 0.1) is 16.5 Å². The van der Waals surface area contributed by atoms with Gasteiger partial charge in [-0.05, 0) is 54.8 Å². The minimum atomic E-state index is -3.89. The zero-order valence-electron chi connectivity index (χ0n) is 15.3. The maximum Gasteiger partial charge on any atom is 0.275 e. The van der Waals surface area contributed by atoms with Crippen LogP contribution in [0.3, 0.4) is 0 Å². The predicted octanol–water partition coefficient (Wildman–Crippen LogP) is 2.46. The zero-order valence-corrected chi connectivity index (χ0v) is 16.1. The van der Waals surface area contributed by atoms with Crippen LogP contribution in [-0.2, 0) is 14.8 Å². The standard InChI is InChI=1S/C19H21N3O4S/c1-13(2)16-6-10-18(11-7-16)27(24,25)22-21-19(23)14(3)26-17-8-4-15(12-20)5-9-17/h4-11,13-14,22H,1-3H3,(H,21,23)/t14-/m0/s1. The lowest BCUT2D eigenvalue weighted by Gasteiger charge is -2.15. The summed E-state index contributed by atoms with van der Waals surface area (Å²) >= 11 is 0. The number of rotatable bonds is 7. The van der Waals surface area contributed by atoms with E-state index in [1.54, 1.807) is 36.4 Å². The molecule has 0 aliphatic carbocycles. The lowest BCUT2D eigenvalue weighted by atomic mass is 10.0. The molecule has 7 nitrogen and oxygen atoms in total. The fourth-order valence-corrected chi connectivity index (χ4v) is 3.02. The summed E-state index contributed by atoms with van der Waals surface area (Å²) in [5, 5.41) is 8.76. The van der Waals surface area contributed by atoms with Crippen LogP contribution in [0.25, 0.3) is 0 Å². The summed E-state index contributed by atoms with van der Waals surface area (Å²) in [6.07, 6.45) is -0.941. The van der Waals surface area contributed by atoms with Gasteiger partial charge in [0.25, 0.3) is 15.9 Å². The quantitative estimate of drug-likeness (QED) is 0.710. The third-order valence-electron chi connectivity index (χ3n) is 3.83. The molecule has 142 valence electrons. The molecule has 0 spiro atoms. The number of amides is 1. The maximum absolute atomic E-state index is 12.3. The normalized spacial score (nSPS) is 12.3. The number of hydrogen-bond acceptors (Lipinski definition) is 5. The van der Waals surface area contributed by atoms with Crippen molar-refractivity contribution in [2.45, 2.75) is 37.7 Å². The van der Waals surface area contributed by atoms with Crippen molar-refractivity contribution < 1.29 is 17.9 Å². The van der Waals surface area contributed by atoms with Gasteiger partial charge in [-0.2, -0.15) is 5.26 Å². The van der Waals surface area contributed by atoms with Crippen LogP contribution >= 0.6 is 0 Å². The molecule has 0 bridgehead atoms. The molecule has 0 radical (unpaired) electrons. The molecule has 27 heavy (non-hydrogen) atoms. The Balaban J connectivity index is 1.95. The summed E-state index contributed by atoms with van der Waals surface area (Å²) in [6.45, 7) is 5.51. The SMILES string of the molecule is CC(C)c1ccc(S(=O)(=O)NNC(=O)[C@H](C)Oc2ccc(C#N)cc2)cc1. The molecule has 0 unspecified atom stereocenters. The van der Waals surface area contributed by atoms with Crippen molar-refractivity contribution in [3.8, 4) is 11.8 Å². The fraction of sp³-hybridized carbons (Fsp3) is 0.263. The molecule has 2 N–H and O–H groups in total. The smallest absolute Gasteiger partial charge is 0.275 e. The lowest BCUT2D eigenvalue weighted by molar-refractivity contribution is -0.127. The van der Waals surface area contributed by atoms with Crippen molar-refractivity contribution in [1.29, 1.82) is 5.26 Å². The van der Waals surface area contributed by atoms with E-state index >= 15 is 0 Å². The summed E-state index contributed by atoms with van der Waals surface area (Å²) in [6, 6.07) is 14.7. The van der Waals surface area contributed by atoms with Gasteiger partial charge >= 0.3 is 0 Å². The molecular weight excluding hydrogens is 366 g/mol. The van der Waals surface area contributed by atoms with Crippen LogP contribution in [0.1, 0.15) is 37.8 Å². The Morgan fingerprint density at radius 3 is 2.15 bits per heavy atom. The van der Waals surface area contributed by atoms with Gasteiger partial charge in [-0.3, -0.25) is 10.2 Å². The average Bonchev–Trinajstić information content (AvgIpc) is 2.66. The molecule has 2 aromatic carbocycles. The van der Waals surface area contributed by atoms with E-state index in [9.17, 15) is 13.2 Å². The van der Waals surface area contributed by atoms with Crippen LogP contribution in [-0.4, -0.2) is 20.4 Å². The van der Waals surface area contributed by atoms with E-state index < -0.39 is 22.0 Å². The lowest BCUT2D eigenvalue weighted by Crippen LogP contribution is -2.47. The van der Waals surface area contributed by atoms with Crippen molar-refractivity contribution in [3.05, 3.63) is 59.7 Å². The summed E-state index contributed by atoms with van der Waals surface area (Å²) < 4.78 is 30.0. The van der Waals surface area contributed by atoms with Crippen LogP contribution in [0.15, 0.2) is 53.4 Å². The second-order valence-corrected chi connectivity index (χ2v) is 7.90. The topological polar surface area (TPSA) is 108 Å². The first-order chi connectivity index (χ1) is 12.7. The first-order valence-corrected chi connectivity index (χ1v) is 9.79. The molecule has 0 aromatic heterocycles. The number of hydrazine groups is 1. The Morgan fingerprint density at radius 1 is 1.04 bits per heavy atom. The molecule has 0 saturated carbocycles. The molecule has 1 amide bonds. The molecule has 0 fully saturated rings. The van der Waals surface area contributed by atoms with E-state index in [4.69, 9.17) is 10.00 Å². The molecule has 0 heterocycles. The highest BCUT2D eigenvalue weighted by atomic mass is 32.2. The highest BCUT2D eigenvalue weighted by molar-refractivity contribution is 7.89. The van der Waals surface area contributed by atoms with Crippen LogP contribution in [0.2, 0.25) is 0 Å². The summed E-state index contributed by atoms with van der Waals surface area (Å²) in [5.41, 5.74) is 3.63. The Hall–Kier alpha value is -2.89. The summed E-state index contributed by atoms with van der Waals surface area (Å²) in [4.78, 5) is 14.2. The van der Waals surface area contributed by atoms with Crippen LogP contribution < -0.4 is 15.0 Å². The minimum Gasteiger partial charge on any atom is -0.481 e. The number of carbonyl (C=O) groups is 1. The van der Waals surface area contributed by atoms with E-state index in [1.165, 1.54) is 19.1 Å². The van der Waals surface area contributed by atoms with Gasteiger partial charge in [-0.1, -0.05) is 26.0 Å². The first kappa shape index (κ1) is 20.4. The highest BCUT2D eigenvalue weighted by Crippen LogP contribution is 2.17. The maximum atomic E-state index is 12.3. The van der Waals surface area contributed by atoms with Gasteiger partial charge < -0.3 is 4.74 Å². The molecule has 0 aliphatic rings. The molecule has 2 rings (SSSR count). The molecule has 8 heteroatoms. The van der Waals surface area contributed by atoms with Gasteiger partial charge in [-0.15, -0.1) is 4.83 Å².